The lowest BCUT2D eigenvalue weighted by Crippen LogP contribution is -2.38. The van der Waals surface area contributed by atoms with Crippen LogP contribution in [-0.4, -0.2) is 34.9 Å². The Morgan fingerprint density at radius 2 is 2.24 bits per heavy atom. The fourth-order valence-electron chi connectivity index (χ4n) is 4.31. The van der Waals surface area contributed by atoms with E-state index in [0.717, 1.165) is 23.5 Å². The molecular weight excluding hydrogens is 366 g/mol. The smallest absolute Gasteiger partial charge is 0.162 e. The summed E-state index contributed by atoms with van der Waals surface area (Å²) in [7, 11) is 0. The monoisotopic (exact) mass is 391 g/mol. The lowest BCUT2D eigenvalue weighted by Gasteiger charge is -2.38. The van der Waals surface area contributed by atoms with Crippen molar-refractivity contribution in [2.45, 2.75) is 32.6 Å². The van der Waals surface area contributed by atoms with Crippen molar-refractivity contribution in [3.8, 4) is 6.07 Å². The number of ketones is 1. The molecule has 2 aliphatic rings. The number of imidazole rings is 1. The van der Waals surface area contributed by atoms with Crippen LogP contribution in [0.2, 0.25) is 0 Å². The number of nitrogens with one attached hydrogen (secondary N) is 1. The van der Waals surface area contributed by atoms with Crippen LogP contribution in [0.5, 0.6) is 0 Å². The first-order valence-electron chi connectivity index (χ1n) is 9.81. The van der Waals surface area contributed by atoms with Gasteiger partial charge in [-0.15, -0.1) is 0 Å². The van der Waals surface area contributed by atoms with Gasteiger partial charge in [0.15, 0.2) is 5.78 Å². The van der Waals surface area contributed by atoms with E-state index in [4.69, 9.17) is 10.5 Å². The van der Waals surface area contributed by atoms with Gasteiger partial charge >= 0.3 is 0 Å². The molecule has 0 radical (unpaired) electrons. The predicted molar refractivity (Wildman–Crippen MR) is 109 cm³/mol. The first-order chi connectivity index (χ1) is 13.9. The average Bonchev–Trinajstić information content (AvgIpc) is 3.10. The standard InChI is InChI=1S/C22H25N5O2/c1-22(2)9-15-21(18(28)10-22)20(14(11-24)16(26-15)13-29-8-6-23)17-12-25-19-5-3-4-7-27(17)19/h3-5,7,12,20,26H,6,8-10,13,23H2,1-2H3. The van der Waals surface area contributed by atoms with Crippen molar-refractivity contribution in [1.29, 1.82) is 5.26 Å². The predicted octanol–water partition coefficient (Wildman–Crippen LogP) is 2.42. The van der Waals surface area contributed by atoms with Crippen LogP contribution in [0.15, 0.2) is 53.1 Å². The van der Waals surface area contributed by atoms with Crippen LogP contribution < -0.4 is 11.1 Å². The molecule has 0 fully saturated rings. The average molecular weight is 391 g/mol. The van der Waals surface area contributed by atoms with Crippen LogP contribution in [0.1, 0.15) is 38.3 Å². The van der Waals surface area contributed by atoms with E-state index < -0.39 is 5.92 Å². The van der Waals surface area contributed by atoms with Gasteiger partial charge in [0.05, 0.1) is 48.4 Å². The van der Waals surface area contributed by atoms with Gasteiger partial charge in [-0.05, 0) is 24.0 Å². The van der Waals surface area contributed by atoms with Crippen LogP contribution in [0, 0.1) is 16.7 Å². The fraction of sp³-hybridized carbons (Fsp3) is 0.409. The number of Topliss-reactive ketones (excluding diaryl/α,β-unsaturated/α-hetero) is 1. The number of dihydropyridines is 1. The molecular formula is C22H25N5O2. The first kappa shape index (κ1) is 19.4. The number of carbonyl (C=O) groups excluding carboxylic acids is 1. The molecule has 1 aliphatic carbocycles. The van der Waals surface area contributed by atoms with E-state index in [1.54, 1.807) is 6.20 Å². The second-order valence-electron chi connectivity index (χ2n) is 8.35. The van der Waals surface area contributed by atoms with E-state index in [-0.39, 0.29) is 17.8 Å². The molecule has 0 bridgehead atoms. The number of nitrogens with zero attached hydrogens (tertiary/aromatic N) is 3. The summed E-state index contributed by atoms with van der Waals surface area (Å²) in [6.45, 7) is 5.24. The minimum absolute atomic E-state index is 0.0781. The molecule has 2 aromatic rings. The topological polar surface area (TPSA) is 105 Å². The van der Waals surface area contributed by atoms with Crippen molar-refractivity contribution in [2.24, 2.45) is 11.1 Å². The summed E-state index contributed by atoms with van der Waals surface area (Å²) in [4.78, 5) is 17.7. The van der Waals surface area contributed by atoms with Gasteiger partial charge in [-0.25, -0.2) is 4.98 Å². The maximum atomic E-state index is 13.2. The summed E-state index contributed by atoms with van der Waals surface area (Å²) in [5.74, 6) is -0.386. The molecule has 7 heteroatoms. The molecule has 3 N–H and O–H groups in total. The van der Waals surface area contributed by atoms with Crippen molar-refractivity contribution in [3.63, 3.8) is 0 Å². The molecule has 0 spiro atoms. The molecule has 1 aliphatic heterocycles. The number of carbonyl (C=O) groups is 1. The summed E-state index contributed by atoms with van der Waals surface area (Å²) in [5, 5.41) is 13.4. The molecule has 4 rings (SSSR count). The Morgan fingerprint density at radius 1 is 1.41 bits per heavy atom. The minimum atomic E-state index is -0.464. The summed E-state index contributed by atoms with van der Waals surface area (Å²) in [6, 6.07) is 8.08. The van der Waals surface area contributed by atoms with Crippen LogP contribution in [-0.2, 0) is 9.53 Å². The zero-order valence-corrected chi connectivity index (χ0v) is 16.7. The number of nitriles is 1. The largest absolute Gasteiger partial charge is 0.374 e. The summed E-state index contributed by atoms with van der Waals surface area (Å²) < 4.78 is 7.59. The highest BCUT2D eigenvalue weighted by atomic mass is 16.5. The zero-order chi connectivity index (χ0) is 20.6. The molecule has 7 nitrogen and oxygen atoms in total. The highest BCUT2D eigenvalue weighted by molar-refractivity contribution is 6.00. The van der Waals surface area contributed by atoms with E-state index in [1.807, 2.05) is 28.8 Å². The minimum Gasteiger partial charge on any atom is -0.374 e. The Balaban J connectivity index is 1.88. The van der Waals surface area contributed by atoms with E-state index in [2.05, 4.69) is 30.2 Å². The molecule has 1 atom stereocenters. The Morgan fingerprint density at radius 3 is 3.00 bits per heavy atom. The van der Waals surface area contributed by atoms with Gasteiger partial charge in [0.1, 0.15) is 5.65 Å². The van der Waals surface area contributed by atoms with Crippen LogP contribution in [0.3, 0.4) is 0 Å². The molecule has 0 aromatic carbocycles. The number of rotatable bonds is 5. The number of allylic oxidation sites excluding steroid dienone is 3. The van der Waals surface area contributed by atoms with E-state index in [9.17, 15) is 10.1 Å². The Kier molecular flexibility index (Phi) is 4.99. The Hall–Kier alpha value is -2.95. The molecule has 0 saturated heterocycles. The third-order valence-corrected chi connectivity index (χ3v) is 5.49. The lowest BCUT2D eigenvalue weighted by atomic mass is 9.69. The summed E-state index contributed by atoms with van der Waals surface area (Å²) in [6.07, 6.45) is 4.87. The lowest BCUT2D eigenvalue weighted by molar-refractivity contribution is -0.118. The fourth-order valence-corrected chi connectivity index (χ4v) is 4.31. The number of aromatic nitrogens is 2. The van der Waals surface area contributed by atoms with Gasteiger partial charge in [-0.2, -0.15) is 5.26 Å². The Labute approximate surface area is 169 Å². The van der Waals surface area contributed by atoms with Gasteiger partial charge < -0.3 is 20.2 Å². The van der Waals surface area contributed by atoms with E-state index in [1.165, 1.54) is 0 Å². The van der Waals surface area contributed by atoms with Crippen molar-refractivity contribution in [2.75, 3.05) is 19.8 Å². The Bertz CT molecular complexity index is 1070. The maximum absolute atomic E-state index is 13.2. The maximum Gasteiger partial charge on any atom is 0.162 e. The van der Waals surface area contributed by atoms with Crippen molar-refractivity contribution in [3.05, 3.63) is 58.8 Å². The van der Waals surface area contributed by atoms with Crippen LogP contribution in [0.4, 0.5) is 0 Å². The SMILES string of the molecule is CC1(C)CC(=O)C2=C(C1)NC(COCCN)=C(C#N)C2c1cnc2ccccn12. The van der Waals surface area contributed by atoms with Crippen LogP contribution in [0.25, 0.3) is 5.65 Å². The van der Waals surface area contributed by atoms with Gasteiger partial charge in [0, 0.05) is 30.4 Å². The third-order valence-electron chi connectivity index (χ3n) is 5.49. The molecule has 2 aromatic heterocycles. The van der Waals surface area contributed by atoms with Crippen LogP contribution >= 0.6 is 0 Å². The molecule has 1 unspecified atom stereocenters. The van der Waals surface area contributed by atoms with Crippen molar-refractivity contribution in [1.82, 2.24) is 14.7 Å². The summed E-state index contributed by atoms with van der Waals surface area (Å²) >= 11 is 0. The van der Waals surface area contributed by atoms with Crippen molar-refractivity contribution >= 4 is 11.4 Å². The third kappa shape index (κ3) is 3.46. The second kappa shape index (κ2) is 7.47. The van der Waals surface area contributed by atoms with Gasteiger partial charge in [0.25, 0.3) is 0 Å². The van der Waals surface area contributed by atoms with Gasteiger partial charge in [0.2, 0.25) is 0 Å². The van der Waals surface area contributed by atoms with Crippen molar-refractivity contribution < 1.29 is 9.53 Å². The number of hydrogen-bond acceptors (Lipinski definition) is 6. The quantitative estimate of drug-likeness (QED) is 0.759. The number of nitrogens with two attached hydrogens (primary N) is 1. The second-order valence-corrected chi connectivity index (χ2v) is 8.35. The molecule has 3 heterocycles. The number of fused-ring (bicyclic) bond motifs is 1. The summed E-state index contributed by atoms with van der Waals surface area (Å²) in [5.41, 5.74) is 9.76. The first-order valence-corrected chi connectivity index (χ1v) is 9.81. The zero-order valence-electron chi connectivity index (χ0n) is 16.7. The number of ether oxygens (including phenoxy) is 1. The number of pyridine rings is 1. The van der Waals surface area contributed by atoms with Gasteiger partial charge in [-0.3, -0.25) is 4.79 Å². The normalized spacial score (nSPS) is 21.2. The highest BCUT2D eigenvalue weighted by Crippen LogP contribution is 2.46. The highest BCUT2D eigenvalue weighted by Gasteiger charge is 2.42. The molecule has 29 heavy (non-hydrogen) atoms. The van der Waals surface area contributed by atoms with Gasteiger partial charge in [-0.1, -0.05) is 19.9 Å². The van der Waals surface area contributed by atoms with E-state index in [0.29, 0.717) is 36.4 Å². The van der Waals surface area contributed by atoms with E-state index >= 15 is 0 Å². The number of hydrogen-bond donors (Lipinski definition) is 2. The molecule has 0 amide bonds. The molecule has 150 valence electrons. The molecule has 0 saturated carbocycles.